The molecule has 1 fully saturated rings. The van der Waals surface area contributed by atoms with Crippen LogP contribution in [0.15, 0.2) is 22.8 Å². The number of rotatable bonds is 4. The fourth-order valence-electron chi connectivity index (χ4n) is 2.26. The molecule has 0 saturated heterocycles. The van der Waals surface area contributed by atoms with Crippen LogP contribution in [0.5, 0.6) is 0 Å². The molecule has 0 aromatic carbocycles. The molecule has 0 bridgehead atoms. The van der Waals surface area contributed by atoms with E-state index >= 15 is 0 Å². The summed E-state index contributed by atoms with van der Waals surface area (Å²) in [4.78, 5) is 25.1. The molecule has 0 aliphatic heterocycles. The Morgan fingerprint density at radius 2 is 2.25 bits per heavy atom. The van der Waals surface area contributed by atoms with E-state index in [1.54, 1.807) is 19.2 Å². The Morgan fingerprint density at radius 3 is 2.75 bits per heavy atom. The number of carbonyl (C=O) groups is 2. The van der Waals surface area contributed by atoms with Gasteiger partial charge in [0.2, 0.25) is 5.91 Å². The molecule has 2 unspecified atom stereocenters. The Labute approximate surface area is 117 Å². The average molecular weight is 280 g/mol. The van der Waals surface area contributed by atoms with Gasteiger partial charge in [-0.25, -0.2) is 0 Å². The van der Waals surface area contributed by atoms with Crippen LogP contribution in [0.3, 0.4) is 0 Å². The molecule has 1 saturated carbocycles. The van der Waals surface area contributed by atoms with Gasteiger partial charge in [0.1, 0.15) is 0 Å². The van der Waals surface area contributed by atoms with Crippen LogP contribution in [0.1, 0.15) is 30.8 Å². The minimum absolute atomic E-state index is 0.0395. The largest absolute Gasteiger partial charge is 0.459 e. The molecule has 2 rings (SSSR count). The van der Waals surface area contributed by atoms with Crippen molar-refractivity contribution >= 4 is 11.8 Å². The molecule has 2 amide bonds. The lowest BCUT2D eigenvalue weighted by Crippen LogP contribution is -2.62. The van der Waals surface area contributed by atoms with E-state index in [0.29, 0.717) is 6.42 Å². The van der Waals surface area contributed by atoms with Crippen molar-refractivity contribution in [3.05, 3.63) is 24.2 Å². The van der Waals surface area contributed by atoms with E-state index in [-0.39, 0.29) is 35.6 Å². The van der Waals surface area contributed by atoms with Gasteiger partial charge < -0.3 is 19.7 Å². The SMILES string of the molecule is CN(CC(=O)NC1CC(O)C1(C)C)C(=O)c1ccco1. The van der Waals surface area contributed by atoms with Gasteiger partial charge in [0.15, 0.2) is 5.76 Å². The van der Waals surface area contributed by atoms with Gasteiger partial charge in [0, 0.05) is 18.5 Å². The highest BCUT2D eigenvalue weighted by molar-refractivity contribution is 5.94. The minimum atomic E-state index is -0.393. The third-order valence-electron chi connectivity index (χ3n) is 4.01. The number of nitrogens with one attached hydrogen (secondary N) is 1. The number of aliphatic hydroxyl groups excluding tert-OH is 1. The third-order valence-corrected chi connectivity index (χ3v) is 4.01. The zero-order chi connectivity index (χ0) is 14.9. The highest BCUT2D eigenvalue weighted by atomic mass is 16.3. The minimum Gasteiger partial charge on any atom is -0.459 e. The van der Waals surface area contributed by atoms with E-state index in [1.165, 1.54) is 11.2 Å². The first kappa shape index (κ1) is 14.6. The van der Waals surface area contributed by atoms with Crippen LogP contribution in [0, 0.1) is 5.41 Å². The van der Waals surface area contributed by atoms with Gasteiger partial charge in [-0.2, -0.15) is 0 Å². The lowest BCUT2D eigenvalue weighted by atomic mass is 9.64. The normalized spacial score (nSPS) is 23.8. The van der Waals surface area contributed by atoms with Gasteiger partial charge >= 0.3 is 0 Å². The maximum Gasteiger partial charge on any atom is 0.289 e. The molecule has 1 aliphatic carbocycles. The second-order valence-electron chi connectivity index (χ2n) is 5.83. The number of hydrogen-bond donors (Lipinski definition) is 2. The van der Waals surface area contributed by atoms with Crippen molar-refractivity contribution in [3.8, 4) is 0 Å². The molecule has 6 heteroatoms. The molecule has 1 aliphatic rings. The number of nitrogens with zero attached hydrogens (tertiary/aromatic N) is 1. The van der Waals surface area contributed by atoms with Crippen molar-refractivity contribution in [3.63, 3.8) is 0 Å². The molecule has 6 nitrogen and oxygen atoms in total. The number of likely N-dealkylation sites (N-methyl/N-ethyl adjacent to an activating group) is 1. The summed E-state index contributed by atoms with van der Waals surface area (Å²) < 4.78 is 5.00. The molecule has 20 heavy (non-hydrogen) atoms. The lowest BCUT2D eigenvalue weighted by Gasteiger charge is -2.49. The Kier molecular flexibility index (Phi) is 3.85. The van der Waals surface area contributed by atoms with Crippen molar-refractivity contribution in [2.24, 2.45) is 5.41 Å². The fourth-order valence-corrected chi connectivity index (χ4v) is 2.26. The molecule has 2 N–H and O–H groups in total. The fraction of sp³-hybridized carbons (Fsp3) is 0.571. The van der Waals surface area contributed by atoms with Gasteiger partial charge in [-0.15, -0.1) is 0 Å². The smallest absolute Gasteiger partial charge is 0.289 e. The van der Waals surface area contributed by atoms with Crippen molar-refractivity contribution in [2.75, 3.05) is 13.6 Å². The number of aliphatic hydroxyl groups is 1. The number of hydrogen-bond acceptors (Lipinski definition) is 4. The summed E-state index contributed by atoms with van der Waals surface area (Å²) in [7, 11) is 1.55. The Bertz CT molecular complexity index is 495. The second kappa shape index (κ2) is 5.28. The predicted molar refractivity (Wildman–Crippen MR) is 72.0 cm³/mol. The summed E-state index contributed by atoms with van der Waals surface area (Å²) in [5, 5.41) is 12.5. The van der Waals surface area contributed by atoms with Gasteiger partial charge in [0.25, 0.3) is 5.91 Å². The van der Waals surface area contributed by atoms with Crippen LogP contribution in [0.25, 0.3) is 0 Å². The number of carbonyl (C=O) groups excluding carboxylic acids is 2. The molecular formula is C14H20N2O4. The van der Waals surface area contributed by atoms with E-state index < -0.39 is 6.10 Å². The van der Waals surface area contributed by atoms with Crippen molar-refractivity contribution in [2.45, 2.75) is 32.4 Å². The molecule has 0 radical (unpaired) electrons. The first-order chi connectivity index (χ1) is 9.32. The van der Waals surface area contributed by atoms with Crippen molar-refractivity contribution in [1.82, 2.24) is 10.2 Å². The molecular weight excluding hydrogens is 260 g/mol. The summed E-state index contributed by atoms with van der Waals surface area (Å²) in [6.07, 6.45) is 1.57. The van der Waals surface area contributed by atoms with Gasteiger partial charge in [0.05, 0.1) is 18.9 Å². The van der Waals surface area contributed by atoms with Crippen LogP contribution in [0.4, 0.5) is 0 Å². The number of furan rings is 1. The van der Waals surface area contributed by atoms with E-state index in [1.807, 2.05) is 13.8 Å². The Balaban J connectivity index is 1.85. The van der Waals surface area contributed by atoms with E-state index in [0.717, 1.165) is 0 Å². The van der Waals surface area contributed by atoms with E-state index in [4.69, 9.17) is 4.42 Å². The van der Waals surface area contributed by atoms with Crippen molar-refractivity contribution in [1.29, 1.82) is 0 Å². The zero-order valence-electron chi connectivity index (χ0n) is 11.9. The monoisotopic (exact) mass is 280 g/mol. The number of amides is 2. The van der Waals surface area contributed by atoms with Gasteiger partial charge in [-0.1, -0.05) is 13.8 Å². The summed E-state index contributed by atoms with van der Waals surface area (Å²) in [6, 6.07) is 3.12. The molecule has 1 aromatic rings. The van der Waals surface area contributed by atoms with Gasteiger partial charge in [-0.3, -0.25) is 9.59 Å². The highest BCUT2D eigenvalue weighted by Crippen LogP contribution is 2.40. The molecule has 110 valence electrons. The standard InChI is InChI=1S/C14H20N2O4/c1-14(2)10(7-11(14)17)15-12(18)8-16(3)13(19)9-5-4-6-20-9/h4-6,10-11,17H,7-8H2,1-3H3,(H,15,18). The summed E-state index contributed by atoms with van der Waals surface area (Å²) >= 11 is 0. The lowest BCUT2D eigenvalue weighted by molar-refractivity contribution is -0.129. The van der Waals surface area contributed by atoms with Crippen LogP contribution >= 0.6 is 0 Å². The third kappa shape index (κ3) is 2.70. The van der Waals surface area contributed by atoms with Gasteiger partial charge in [-0.05, 0) is 18.6 Å². The summed E-state index contributed by atoms with van der Waals surface area (Å²) in [5.74, 6) is -0.366. The molecule has 2 atom stereocenters. The zero-order valence-corrected chi connectivity index (χ0v) is 11.9. The summed E-state index contributed by atoms with van der Waals surface area (Å²) in [6.45, 7) is 3.77. The quantitative estimate of drug-likeness (QED) is 0.847. The first-order valence-corrected chi connectivity index (χ1v) is 6.58. The van der Waals surface area contributed by atoms with E-state index in [2.05, 4.69) is 5.32 Å². The molecule has 1 heterocycles. The molecule has 1 aromatic heterocycles. The average Bonchev–Trinajstić information content (AvgIpc) is 2.91. The van der Waals surface area contributed by atoms with E-state index in [9.17, 15) is 14.7 Å². The second-order valence-corrected chi connectivity index (χ2v) is 5.83. The van der Waals surface area contributed by atoms with Crippen LogP contribution in [-0.2, 0) is 4.79 Å². The van der Waals surface area contributed by atoms with Crippen LogP contribution in [0.2, 0.25) is 0 Å². The maximum atomic E-state index is 11.9. The highest BCUT2D eigenvalue weighted by Gasteiger charge is 2.47. The van der Waals surface area contributed by atoms with Crippen LogP contribution < -0.4 is 5.32 Å². The predicted octanol–water partition coefficient (Wildman–Crippen LogP) is 0.627. The Hall–Kier alpha value is -1.82. The Morgan fingerprint density at radius 1 is 1.55 bits per heavy atom. The molecule has 0 spiro atoms. The summed E-state index contributed by atoms with van der Waals surface area (Å²) in [5.41, 5.74) is -0.320. The maximum absolute atomic E-state index is 11.9. The van der Waals surface area contributed by atoms with Crippen LogP contribution in [-0.4, -0.2) is 47.6 Å². The van der Waals surface area contributed by atoms with Crippen molar-refractivity contribution < 1.29 is 19.1 Å². The topological polar surface area (TPSA) is 82.8 Å². The first-order valence-electron chi connectivity index (χ1n) is 6.58.